The first-order valence-electron chi connectivity index (χ1n) is 36.3. The number of carbonyl (C=O) groups is 9. The van der Waals surface area contributed by atoms with Crippen LogP contribution >= 0.6 is 15.9 Å². The molecule has 107 heavy (non-hydrogen) atoms. The normalized spacial score (nSPS) is 26.5. The number of hydrogen-bond acceptors (Lipinski definition) is 25. The van der Waals surface area contributed by atoms with Gasteiger partial charge in [0.1, 0.15) is 27.7 Å². The summed E-state index contributed by atoms with van der Waals surface area (Å²) in [7, 11) is 2.74. The first-order chi connectivity index (χ1) is 48.0. The quantitative estimate of drug-likeness (QED) is 0.128. The van der Waals surface area contributed by atoms with Gasteiger partial charge in [0.05, 0.1) is 80.0 Å². The second-order valence-corrected chi connectivity index (χ2v) is 32.5. The zero-order valence-electron chi connectivity index (χ0n) is 63.0. The Balaban J connectivity index is 0.000000434. The summed E-state index contributed by atoms with van der Waals surface area (Å²) in [5, 5.41) is 19.0. The molecule has 13 rings (SSSR count). The highest BCUT2D eigenvalue weighted by Gasteiger charge is 2.50. The molecule has 6 amide bonds. The minimum Gasteiger partial charge on any atom is -0.480 e. The van der Waals surface area contributed by atoms with Crippen LogP contribution in [0, 0.1) is 0 Å². The average molecular weight is 1600 g/mol. The number of nitrogens with zero attached hydrogens (tertiary/aromatic N) is 10. The van der Waals surface area contributed by atoms with Crippen molar-refractivity contribution in [1.82, 2.24) is 64.9 Å². The summed E-state index contributed by atoms with van der Waals surface area (Å²) in [6, 6.07) is 3.19. The van der Waals surface area contributed by atoms with Gasteiger partial charge in [0.25, 0.3) is 0 Å². The van der Waals surface area contributed by atoms with Gasteiger partial charge in [-0.15, -0.1) is 0 Å². The van der Waals surface area contributed by atoms with Gasteiger partial charge in [0.2, 0.25) is 11.8 Å². The van der Waals surface area contributed by atoms with Crippen molar-refractivity contribution in [3.8, 4) is 0 Å². The Labute approximate surface area is 648 Å². The number of ether oxygens (including phenoxy) is 9. The van der Waals surface area contributed by atoms with Crippen LogP contribution in [0.4, 0.5) is 19.2 Å². The van der Waals surface area contributed by atoms with Gasteiger partial charge in [-0.1, -0.05) is 53.1 Å². The van der Waals surface area contributed by atoms with E-state index >= 15 is 0 Å². The topological polar surface area (TPSA) is 325 Å². The standard InChI is InChI=1S/C16H27N3O4.C13H22N2O4.C12H20N2O4.C11H19N3O2.C10H18N2O2.C4H9NO.C3H5BrO2.5CH4/c1-16(2,3)23-15(21)19-10-12-8-13(19)9-18(12)11-14(20)17-4-6-22-7-5-17;1-13(2,3)19-12(17)15-7-9-5-10(15)6-14(9)8-11(16)18-4;1-12(2,3)18-11(17)14-6-8-4-9(14)5-13(8)7-10(15)16;15-11(13-1-3-16-4-2-13)8-14-7-9-5-10(14)6-12-9;1-10(2,3)14-9(13)12-6-7-4-8(12)5-11-7;1-3-6-4-2-5-1;1-6-3(5)2-4;;;;;/h12-13H,4-11H2,1-3H3;9-10H,5-8H2,1-4H3;8-9H,4-7H2,1-3H3,(H,15,16);9-10,12H,1-8H2;7-8,11H,4-6H2,1-3H3;5H,1-4H2;2H2,1H3;5*1H4/t12-,13-;9-,10-;8-,9-;9-,10-;7-,8-;;;;;;;/m00000......./s1. The van der Waals surface area contributed by atoms with Gasteiger partial charge in [-0.3, -0.25) is 43.6 Å². The Bertz CT molecular complexity index is 2760. The fourth-order valence-electron chi connectivity index (χ4n) is 14.6. The van der Waals surface area contributed by atoms with E-state index in [0.717, 1.165) is 104 Å². The summed E-state index contributed by atoms with van der Waals surface area (Å²) in [5.74, 6) is -0.835. The van der Waals surface area contributed by atoms with Crippen LogP contribution in [0.1, 0.15) is 152 Å². The third-order valence-electron chi connectivity index (χ3n) is 19.3. The molecule has 10 bridgehead atoms. The predicted molar refractivity (Wildman–Crippen MR) is 413 cm³/mol. The fourth-order valence-corrected chi connectivity index (χ4v) is 14.8. The first kappa shape index (κ1) is 97.6. The van der Waals surface area contributed by atoms with E-state index in [4.69, 9.17) is 38.3 Å². The van der Waals surface area contributed by atoms with Gasteiger partial charge in [-0.25, -0.2) is 19.2 Å². The number of amides is 6. The third kappa shape index (κ3) is 31.3. The number of fused-ring (bicyclic) bond motifs is 10. The number of carboxylic acid groups (broad SMARTS) is 1. The van der Waals surface area contributed by atoms with Gasteiger partial charge in [-0.2, -0.15) is 0 Å². The molecule has 622 valence electrons. The molecule has 10 atom stereocenters. The number of morpholine rings is 3. The Morgan fingerprint density at radius 1 is 0.393 bits per heavy atom. The molecule has 13 heterocycles. The van der Waals surface area contributed by atoms with E-state index in [1.165, 1.54) is 20.6 Å². The Morgan fingerprint density at radius 3 is 0.953 bits per heavy atom. The monoisotopic (exact) mass is 1590 g/mol. The molecule has 0 unspecified atom stereocenters. The van der Waals surface area contributed by atoms with E-state index in [1.54, 1.807) is 9.80 Å². The smallest absolute Gasteiger partial charge is 0.410 e. The van der Waals surface area contributed by atoms with Crippen LogP contribution in [0.3, 0.4) is 0 Å². The first-order valence-corrected chi connectivity index (χ1v) is 37.4. The average Bonchev–Trinajstić information content (AvgIpc) is 1.64. The maximum Gasteiger partial charge on any atom is 0.410 e. The largest absolute Gasteiger partial charge is 0.480 e. The van der Waals surface area contributed by atoms with Crippen molar-refractivity contribution in [2.75, 3.05) is 190 Å². The highest BCUT2D eigenvalue weighted by Crippen LogP contribution is 2.35. The number of piperazine rings is 5. The van der Waals surface area contributed by atoms with E-state index in [0.29, 0.717) is 109 Å². The number of rotatable bonds is 9. The molecule has 0 saturated carbocycles. The van der Waals surface area contributed by atoms with E-state index in [-0.39, 0.29) is 139 Å². The van der Waals surface area contributed by atoms with Crippen molar-refractivity contribution < 1.29 is 90.9 Å². The second kappa shape index (κ2) is 44.5. The van der Waals surface area contributed by atoms with Gasteiger partial charge in [0.15, 0.2) is 0 Å². The summed E-state index contributed by atoms with van der Waals surface area (Å²) in [4.78, 5) is 124. The Morgan fingerprint density at radius 2 is 0.710 bits per heavy atom. The molecule has 13 aliphatic heterocycles. The minimum absolute atomic E-state index is 0. The van der Waals surface area contributed by atoms with Gasteiger partial charge < -0.3 is 93.1 Å². The molecule has 0 aromatic rings. The number of hydrogen-bond donors (Lipinski definition) is 4. The molecule has 0 aromatic carbocycles. The van der Waals surface area contributed by atoms with Crippen molar-refractivity contribution >= 4 is 70.0 Å². The maximum atomic E-state index is 12.4. The molecule has 0 spiro atoms. The number of halogens is 1. The van der Waals surface area contributed by atoms with Crippen LogP contribution in [0.5, 0.6) is 0 Å². The van der Waals surface area contributed by atoms with Crippen LogP contribution < -0.4 is 16.0 Å². The highest BCUT2D eigenvalue weighted by atomic mass is 79.9. The lowest BCUT2D eigenvalue weighted by molar-refractivity contribution is -0.142. The number of carbonyl (C=O) groups excluding carboxylic acids is 8. The van der Waals surface area contributed by atoms with Crippen LogP contribution in [0.2, 0.25) is 0 Å². The molecule has 0 aliphatic carbocycles. The van der Waals surface area contributed by atoms with Crippen LogP contribution in [0.15, 0.2) is 0 Å². The van der Waals surface area contributed by atoms with Crippen molar-refractivity contribution in [2.45, 2.75) is 235 Å². The van der Waals surface area contributed by atoms with Crippen LogP contribution in [0.25, 0.3) is 0 Å². The summed E-state index contributed by atoms with van der Waals surface area (Å²) in [5.41, 5.74) is -1.80. The lowest BCUT2D eigenvalue weighted by atomic mass is 10.2. The predicted octanol–water partition coefficient (Wildman–Crippen LogP) is 5.36. The number of aliphatic carboxylic acids is 1. The summed E-state index contributed by atoms with van der Waals surface area (Å²) in [6.07, 6.45) is 4.08. The van der Waals surface area contributed by atoms with Crippen molar-refractivity contribution in [2.24, 2.45) is 0 Å². The molecule has 13 saturated heterocycles. The van der Waals surface area contributed by atoms with E-state index in [2.05, 4.69) is 56.1 Å². The van der Waals surface area contributed by atoms with E-state index in [1.807, 2.05) is 108 Å². The SMILES string of the molecule is C.C.C.C.C.C1COCCN1.CC(C)(C)OC(=O)N1C[C@@H]2C[C@H]1CN2.CC(C)(C)OC(=O)N1C[C@@H]2C[C@H]1CN2CC(=O)N1CCOCC1.CC(C)(C)OC(=O)N1C[C@@H]2C[C@H]1CN2CC(=O)O.COC(=O)CBr.COC(=O)CN1C[C@@H]2C[C@H]1CN2C(=O)OC(C)(C)C.O=C(CN1C[C@@H]2C[C@H]1CN2)N1CCOCC1. The summed E-state index contributed by atoms with van der Waals surface area (Å²) >= 11 is 2.90. The molecule has 32 nitrogen and oxygen atoms in total. The maximum absolute atomic E-state index is 12.4. The molecule has 13 aliphatic rings. The number of likely N-dealkylation sites (tertiary alicyclic amines) is 8. The molecule has 0 radical (unpaired) electrons. The van der Waals surface area contributed by atoms with Gasteiger partial charge >= 0.3 is 42.3 Å². The van der Waals surface area contributed by atoms with E-state index in [9.17, 15) is 43.2 Å². The number of methoxy groups -OCH3 is 2. The fraction of sp³-hybridized carbons (Fsp3) is 0.878. The summed E-state index contributed by atoms with van der Waals surface area (Å²) < 4.78 is 46.0. The summed E-state index contributed by atoms with van der Waals surface area (Å²) in [6.45, 7) is 41.1. The Kier molecular flexibility index (Phi) is 40.6. The zero-order valence-corrected chi connectivity index (χ0v) is 64.6. The van der Waals surface area contributed by atoms with E-state index < -0.39 is 22.8 Å². The van der Waals surface area contributed by atoms with Crippen LogP contribution in [-0.2, 0) is 66.6 Å². The Hall–Kier alpha value is -5.49. The number of carboxylic acids is 1. The number of esters is 2. The second-order valence-electron chi connectivity index (χ2n) is 31.9. The number of nitrogens with one attached hydrogen (secondary N) is 3. The molecular formula is C74H140BrN13O19. The molecule has 13 fully saturated rings. The zero-order chi connectivity index (χ0) is 74.9. The van der Waals surface area contributed by atoms with Gasteiger partial charge in [0, 0.05) is 165 Å². The van der Waals surface area contributed by atoms with Crippen molar-refractivity contribution in [3.63, 3.8) is 0 Å². The van der Waals surface area contributed by atoms with Gasteiger partial charge in [-0.05, 0) is 115 Å². The molecule has 0 aromatic heterocycles. The van der Waals surface area contributed by atoms with Crippen molar-refractivity contribution in [3.05, 3.63) is 0 Å². The van der Waals surface area contributed by atoms with Crippen LogP contribution in [-0.4, -0.2) is 381 Å². The molecular weight excluding hydrogens is 1450 g/mol. The molecule has 4 N–H and O–H groups in total. The highest BCUT2D eigenvalue weighted by molar-refractivity contribution is 9.09. The lowest BCUT2D eigenvalue weighted by Gasteiger charge is -2.36. The van der Waals surface area contributed by atoms with Crippen molar-refractivity contribution in [1.29, 1.82) is 0 Å². The number of alkyl halides is 1. The third-order valence-corrected chi connectivity index (χ3v) is 19.7. The molecule has 33 heteroatoms. The minimum atomic E-state index is -0.814. The lowest BCUT2D eigenvalue weighted by Crippen LogP contribution is -2.53.